The van der Waals surface area contributed by atoms with E-state index in [0.717, 1.165) is 10.8 Å². The molecule has 2 nitrogen and oxygen atoms in total. The predicted molar refractivity (Wildman–Crippen MR) is 111 cm³/mol. The Labute approximate surface area is 174 Å². The molecule has 0 fully saturated rings. The summed E-state index contributed by atoms with van der Waals surface area (Å²) in [6.45, 7) is 2.93. The molecular weight excluding hydrogens is 435 g/mol. The van der Waals surface area contributed by atoms with Crippen molar-refractivity contribution < 1.29 is 30.7 Å². The molecule has 26 heavy (non-hydrogen) atoms. The van der Waals surface area contributed by atoms with E-state index in [1.54, 1.807) is 0 Å². The van der Waals surface area contributed by atoms with Crippen LogP contribution in [0.1, 0.15) is 122 Å². The van der Waals surface area contributed by atoms with Gasteiger partial charge in [-0.1, -0.05) is 71.1 Å². The molecule has 0 bridgehead atoms. The molecule has 0 aliphatic rings. The Kier molecular flexibility index (Phi) is 23.4. The van der Waals surface area contributed by atoms with Crippen molar-refractivity contribution >= 4 is 5.97 Å². The molecule has 0 saturated carbocycles. The topological polar surface area (TPSA) is 26.3 Å². The first kappa shape index (κ1) is 26.2. The molecule has 0 saturated heterocycles. The Bertz CT molecular complexity index is 281. The van der Waals surface area contributed by atoms with Gasteiger partial charge in [-0.15, -0.1) is 0 Å². The van der Waals surface area contributed by atoms with Gasteiger partial charge in [0, 0.05) is 0 Å². The fraction of sp³-hybridized carbons (Fsp3) is 0.957. The second-order valence-corrected chi connectivity index (χ2v) is 10.2. The zero-order valence-corrected chi connectivity index (χ0v) is 20.0. The van der Waals surface area contributed by atoms with Crippen LogP contribution >= 0.6 is 0 Å². The van der Waals surface area contributed by atoms with Gasteiger partial charge >= 0.3 is 104 Å². The minimum absolute atomic E-state index is 0.0167. The third-order valence-corrected chi connectivity index (χ3v) is 6.62. The molecule has 0 aromatic heterocycles. The maximum absolute atomic E-state index is 11.4. The summed E-state index contributed by atoms with van der Waals surface area (Å²) in [6, 6.07) is 0. The minimum atomic E-state index is 0.0167. The van der Waals surface area contributed by atoms with Crippen LogP contribution in [0.5, 0.6) is 0 Å². The fourth-order valence-corrected chi connectivity index (χ4v) is 4.24. The molecule has 0 atom stereocenters. The number of alkyl halides is 2. The van der Waals surface area contributed by atoms with Crippen LogP contribution in [0.4, 0.5) is 0 Å². The summed E-state index contributed by atoms with van der Waals surface area (Å²) in [5.74, 6) is 0.0167. The Morgan fingerprint density at radius 1 is 0.654 bits per heavy atom. The van der Waals surface area contributed by atoms with Gasteiger partial charge in [0.2, 0.25) is 0 Å². The van der Waals surface area contributed by atoms with Crippen LogP contribution in [0.2, 0.25) is 0 Å². The molecule has 0 aliphatic heterocycles. The average molecular weight is 482 g/mol. The van der Waals surface area contributed by atoms with E-state index in [-0.39, 0.29) is 27.2 Å². The number of hydrogen-bond donors (Lipinski definition) is 0. The number of carbonyl (C=O) groups excluding carboxylic acids is 1. The van der Waals surface area contributed by atoms with E-state index in [2.05, 4.69) is 11.9 Å². The van der Waals surface area contributed by atoms with Crippen LogP contribution in [-0.2, 0) is 9.53 Å². The third-order valence-electron chi connectivity index (χ3n) is 5.00. The predicted octanol–water partition coefficient (Wildman–Crippen LogP) is 4.29. The van der Waals surface area contributed by atoms with Crippen molar-refractivity contribution in [3.8, 4) is 0 Å². The zero-order chi connectivity index (χ0) is 19.1. The van der Waals surface area contributed by atoms with Crippen molar-refractivity contribution in [1.82, 2.24) is 0 Å². The normalized spacial score (nSPS) is 11.2. The van der Waals surface area contributed by atoms with Gasteiger partial charge in [-0.25, -0.2) is 0 Å². The second kappa shape index (κ2) is 23.2. The number of unbranched alkanes of at least 4 members (excludes halogenated alkanes) is 16. The number of carbonyl (C=O) groups is 1. The molecule has 0 aromatic carbocycles. The Morgan fingerprint density at radius 3 is 1.42 bits per heavy atom. The van der Waals surface area contributed by atoms with Gasteiger partial charge in [0.15, 0.2) is 0 Å². The zero-order valence-electron chi connectivity index (χ0n) is 17.8. The van der Waals surface area contributed by atoms with Gasteiger partial charge in [0.05, 0.1) is 0 Å². The van der Waals surface area contributed by atoms with E-state index in [9.17, 15) is 4.79 Å². The van der Waals surface area contributed by atoms with Crippen LogP contribution in [-0.4, -0.2) is 21.9 Å². The SMILES string of the molecule is CCCCCCCCCCCCCCCCCCCOC(=O)CC[I-]C. The molecule has 0 heterocycles. The van der Waals surface area contributed by atoms with Crippen LogP contribution in [0.3, 0.4) is 0 Å². The van der Waals surface area contributed by atoms with Crippen LogP contribution in [0, 0.1) is 0 Å². The van der Waals surface area contributed by atoms with Gasteiger partial charge in [-0.2, -0.15) is 0 Å². The van der Waals surface area contributed by atoms with Gasteiger partial charge in [0.1, 0.15) is 0 Å². The standard InChI is InChI=1S/C23H46IO2/c1-3-4-5-6-7-8-9-10-11-12-13-14-15-16-17-18-19-22-26-23(25)20-21-24-2/h3-22H2,1-2H3/q-1. The summed E-state index contributed by atoms with van der Waals surface area (Å²) < 4.78 is 6.31. The van der Waals surface area contributed by atoms with Crippen LogP contribution < -0.4 is 21.2 Å². The van der Waals surface area contributed by atoms with Gasteiger partial charge < -0.3 is 0 Å². The van der Waals surface area contributed by atoms with Crippen LogP contribution in [0.15, 0.2) is 0 Å². The van der Waals surface area contributed by atoms with Crippen LogP contribution in [0.25, 0.3) is 0 Å². The summed E-state index contributed by atoms with van der Waals surface area (Å²) in [4.78, 5) is 13.6. The number of rotatable bonds is 21. The Balaban J connectivity index is 3.04. The van der Waals surface area contributed by atoms with E-state index >= 15 is 0 Å². The molecule has 0 aliphatic carbocycles. The second-order valence-electron chi connectivity index (χ2n) is 7.58. The van der Waals surface area contributed by atoms with Crippen molar-refractivity contribution in [2.24, 2.45) is 0 Å². The molecule has 0 amide bonds. The molecule has 0 radical (unpaired) electrons. The molecule has 0 N–H and O–H groups in total. The molecule has 0 rings (SSSR count). The Hall–Kier alpha value is 0.200. The monoisotopic (exact) mass is 481 g/mol. The summed E-state index contributed by atoms with van der Waals surface area (Å²) >= 11 is 0.230. The van der Waals surface area contributed by atoms with Crippen molar-refractivity contribution in [2.75, 3.05) is 16.0 Å². The van der Waals surface area contributed by atoms with Crippen molar-refractivity contribution in [3.05, 3.63) is 0 Å². The number of ether oxygens (including phenoxy) is 1. The quantitative estimate of drug-likeness (QED) is 0.106. The summed E-state index contributed by atoms with van der Waals surface area (Å²) in [5.41, 5.74) is 0. The first-order chi connectivity index (χ1) is 12.8. The molecule has 0 spiro atoms. The number of hydrogen-bond acceptors (Lipinski definition) is 2. The van der Waals surface area contributed by atoms with E-state index in [1.807, 2.05) is 0 Å². The third kappa shape index (κ3) is 22.2. The summed E-state index contributed by atoms with van der Waals surface area (Å²) in [7, 11) is 0. The van der Waals surface area contributed by atoms with Gasteiger partial charge in [-0.3, -0.25) is 0 Å². The summed E-state index contributed by atoms with van der Waals surface area (Å²) in [5, 5.41) is 0. The number of halogens is 1. The maximum atomic E-state index is 11.4. The van der Waals surface area contributed by atoms with E-state index < -0.39 is 0 Å². The van der Waals surface area contributed by atoms with Crippen molar-refractivity contribution in [2.45, 2.75) is 122 Å². The van der Waals surface area contributed by atoms with Crippen molar-refractivity contribution in [1.29, 1.82) is 0 Å². The van der Waals surface area contributed by atoms with Crippen molar-refractivity contribution in [3.63, 3.8) is 0 Å². The molecule has 3 heteroatoms. The summed E-state index contributed by atoms with van der Waals surface area (Å²) in [6.07, 6.45) is 24.2. The first-order valence-corrected chi connectivity index (χ1v) is 15.1. The average Bonchev–Trinajstić information content (AvgIpc) is 2.65. The number of esters is 1. The molecule has 0 unspecified atom stereocenters. The molecular formula is C23H46IO2-. The first-order valence-electron chi connectivity index (χ1n) is 11.4. The molecule has 158 valence electrons. The van der Waals surface area contributed by atoms with Gasteiger partial charge in [-0.05, 0) is 0 Å². The fourth-order valence-electron chi connectivity index (χ4n) is 3.26. The van der Waals surface area contributed by atoms with Gasteiger partial charge in [0.25, 0.3) is 0 Å². The Morgan fingerprint density at radius 2 is 1.04 bits per heavy atom. The molecule has 0 aromatic rings. The van der Waals surface area contributed by atoms with E-state index in [0.29, 0.717) is 13.0 Å². The van der Waals surface area contributed by atoms with E-state index in [4.69, 9.17) is 4.74 Å². The van der Waals surface area contributed by atoms with E-state index in [1.165, 1.54) is 103 Å².